The Hall–Kier alpha value is -3.16. The van der Waals surface area contributed by atoms with Gasteiger partial charge in [0, 0.05) is 26.2 Å². The molecule has 8 nitrogen and oxygen atoms in total. The van der Waals surface area contributed by atoms with Crippen LogP contribution in [0.5, 0.6) is 0 Å². The first-order valence-electron chi connectivity index (χ1n) is 11.1. The number of nitrogens with zero attached hydrogens (tertiary/aromatic N) is 3. The quantitative estimate of drug-likeness (QED) is 0.660. The molecule has 172 valence electrons. The van der Waals surface area contributed by atoms with Crippen LogP contribution in [-0.2, 0) is 11.3 Å². The fourth-order valence-corrected chi connectivity index (χ4v) is 3.74. The molecule has 3 rings (SSSR count). The summed E-state index contributed by atoms with van der Waals surface area (Å²) in [4.78, 5) is 40.0. The monoisotopic (exact) mass is 439 g/mol. The number of likely N-dealkylation sites (N-methyl/N-ethyl adjacent to an activating group) is 1. The highest BCUT2D eigenvalue weighted by atomic mass is 16.2. The van der Waals surface area contributed by atoms with E-state index >= 15 is 0 Å². The average Bonchev–Trinajstić information content (AvgIpc) is 3.19. The van der Waals surface area contributed by atoms with E-state index in [2.05, 4.69) is 29.6 Å². The van der Waals surface area contributed by atoms with E-state index in [0.717, 1.165) is 12.0 Å². The third-order valence-electron chi connectivity index (χ3n) is 6.17. The van der Waals surface area contributed by atoms with Crippen LogP contribution in [0.3, 0.4) is 0 Å². The second-order valence-corrected chi connectivity index (χ2v) is 9.17. The molecule has 0 saturated carbocycles. The Morgan fingerprint density at radius 2 is 1.84 bits per heavy atom. The zero-order valence-electron chi connectivity index (χ0n) is 19.5. The standard InChI is InChI=1S/C24H33N5O3/c1-16(2)11-12-25-23(32)24(4)15-29-20(22(31)28(24)5)13-19(27-29)21(30)26-14-17(3)18-9-7-6-8-10-18/h6-10,13,16-17H,11-12,14-15H2,1-5H3,(H,25,32)(H,26,30)/t17-,24-/m1/s1. The molecule has 0 fully saturated rings. The minimum absolute atomic E-state index is 0.142. The molecular formula is C24H33N5O3. The molecule has 2 heterocycles. The van der Waals surface area contributed by atoms with Gasteiger partial charge in [0.25, 0.3) is 11.8 Å². The van der Waals surface area contributed by atoms with Crippen molar-refractivity contribution in [3.05, 3.63) is 53.3 Å². The van der Waals surface area contributed by atoms with Crippen molar-refractivity contribution in [2.24, 2.45) is 5.92 Å². The lowest BCUT2D eigenvalue weighted by molar-refractivity contribution is -0.132. The van der Waals surface area contributed by atoms with Crippen molar-refractivity contribution in [2.45, 2.75) is 52.1 Å². The molecule has 0 unspecified atom stereocenters. The van der Waals surface area contributed by atoms with Crippen LogP contribution in [0.2, 0.25) is 0 Å². The van der Waals surface area contributed by atoms with E-state index in [0.29, 0.717) is 24.7 Å². The molecule has 0 aliphatic carbocycles. The Morgan fingerprint density at radius 1 is 1.16 bits per heavy atom. The average molecular weight is 440 g/mol. The van der Waals surface area contributed by atoms with Crippen molar-refractivity contribution in [2.75, 3.05) is 20.1 Å². The first-order chi connectivity index (χ1) is 15.1. The number of hydrogen-bond donors (Lipinski definition) is 2. The summed E-state index contributed by atoms with van der Waals surface area (Å²) in [6, 6.07) is 11.4. The van der Waals surface area contributed by atoms with Gasteiger partial charge in [-0.05, 0) is 30.7 Å². The smallest absolute Gasteiger partial charge is 0.272 e. The van der Waals surface area contributed by atoms with Crippen LogP contribution in [0.4, 0.5) is 0 Å². The Balaban J connectivity index is 1.69. The highest BCUT2D eigenvalue weighted by Gasteiger charge is 2.46. The van der Waals surface area contributed by atoms with Crippen molar-refractivity contribution in [3.8, 4) is 0 Å². The summed E-state index contributed by atoms with van der Waals surface area (Å²) >= 11 is 0. The summed E-state index contributed by atoms with van der Waals surface area (Å²) in [7, 11) is 1.61. The topological polar surface area (TPSA) is 96.3 Å². The second kappa shape index (κ2) is 9.54. The van der Waals surface area contributed by atoms with E-state index in [4.69, 9.17) is 0 Å². The zero-order valence-corrected chi connectivity index (χ0v) is 19.5. The van der Waals surface area contributed by atoms with Gasteiger partial charge in [0.05, 0.1) is 6.54 Å². The lowest BCUT2D eigenvalue weighted by atomic mass is 9.95. The van der Waals surface area contributed by atoms with E-state index in [-0.39, 0.29) is 35.9 Å². The minimum Gasteiger partial charge on any atom is -0.354 e. The molecule has 0 spiro atoms. The van der Waals surface area contributed by atoms with E-state index < -0.39 is 5.54 Å². The Kier molecular flexibility index (Phi) is 7.01. The molecule has 1 aromatic heterocycles. The van der Waals surface area contributed by atoms with Crippen LogP contribution < -0.4 is 10.6 Å². The van der Waals surface area contributed by atoms with Crippen molar-refractivity contribution in [1.29, 1.82) is 0 Å². The van der Waals surface area contributed by atoms with Crippen LogP contribution in [0, 0.1) is 5.92 Å². The largest absolute Gasteiger partial charge is 0.354 e. The first-order valence-corrected chi connectivity index (χ1v) is 11.1. The highest BCUT2D eigenvalue weighted by molar-refractivity contribution is 6.01. The Labute approximate surface area is 189 Å². The number of carbonyl (C=O) groups is 3. The van der Waals surface area contributed by atoms with E-state index in [9.17, 15) is 14.4 Å². The van der Waals surface area contributed by atoms with Crippen LogP contribution in [-0.4, -0.2) is 58.1 Å². The third-order valence-corrected chi connectivity index (χ3v) is 6.17. The van der Waals surface area contributed by atoms with Gasteiger partial charge in [-0.2, -0.15) is 5.10 Å². The number of carbonyl (C=O) groups excluding carboxylic acids is 3. The Bertz CT molecular complexity index is 985. The molecule has 2 N–H and O–H groups in total. The zero-order chi connectivity index (χ0) is 23.5. The van der Waals surface area contributed by atoms with Gasteiger partial charge in [0.2, 0.25) is 5.91 Å². The summed E-state index contributed by atoms with van der Waals surface area (Å²) in [5.41, 5.74) is 0.531. The summed E-state index contributed by atoms with van der Waals surface area (Å²) < 4.78 is 1.47. The van der Waals surface area contributed by atoms with Gasteiger partial charge >= 0.3 is 0 Å². The molecule has 8 heteroatoms. The molecule has 0 bridgehead atoms. The summed E-state index contributed by atoms with van der Waals surface area (Å²) in [5.74, 6) is -0.284. The van der Waals surface area contributed by atoms with Crippen LogP contribution in [0.15, 0.2) is 36.4 Å². The SMILES string of the molecule is CC(C)CCNC(=O)[C@@]1(C)Cn2nc(C(=O)NC[C@@H](C)c3ccccc3)cc2C(=O)N1C. The van der Waals surface area contributed by atoms with Gasteiger partial charge in [0.1, 0.15) is 11.2 Å². The second-order valence-electron chi connectivity index (χ2n) is 9.17. The minimum atomic E-state index is -1.08. The van der Waals surface area contributed by atoms with Gasteiger partial charge < -0.3 is 15.5 Å². The summed E-state index contributed by atoms with van der Waals surface area (Å²) in [5, 5.41) is 10.2. The highest BCUT2D eigenvalue weighted by Crippen LogP contribution is 2.26. The van der Waals surface area contributed by atoms with Gasteiger partial charge in [-0.25, -0.2) is 0 Å². The van der Waals surface area contributed by atoms with Crippen LogP contribution in [0.1, 0.15) is 66.6 Å². The molecule has 1 aliphatic heterocycles. The van der Waals surface area contributed by atoms with Gasteiger partial charge in [0.15, 0.2) is 5.69 Å². The number of aromatic nitrogens is 2. The molecule has 0 saturated heterocycles. The molecule has 3 amide bonds. The fraction of sp³-hybridized carbons (Fsp3) is 0.500. The predicted molar refractivity (Wildman–Crippen MR) is 122 cm³/mol. The number of benzene rings is 1. The molecule has 2 aromatic rings. The van der Waals surface area contributed by atoms with Gasteiger partial charge in [-0.15, -0.1) is 0 Å². The number of rotatable bonds is 8. The predicted octanol–water partition coefficient (Wildman–Crippen LogP) is 2.42. The molecule has 2 atom stereocenters. The van der Waals surface area contributed by atoms with Crippen LogP contribution >= 0.6 is 0 Å². The maximum absolute atomic E-state index is 13.0. The lowest BCUT2D eigenvalue weighted by Gasteiger charge is -2.40. The number of amides is 3. The summed E-state index contributed by atoms with van der Waals surface area (Å²) in [6.45, 7) is 9.13. The number of fused-ring (bicyclic) bond motifs is 1. The molecule has 1 aromatic carbocycles. The van der Waals surface area contributed by atoms with E-state index in [1.165, 1.54) is 15.6 Å². The van der Waals surface area contributed by atoms with E-state index in [1.54, 1.807) is 14.0 Å². The van der Waals surface area contributed by atoms with Crippen molar-refractivity contribution < 1.29 is 14.4 Å². The van der Waals surface area contributed by atoms with Crippen LogP contribution in [0.25, 0.3) is 0 Å². The van der Waals surface area contributed by atoms with E-state index in [1.807, 2.05) is 37.3 Å². The first kappa shape index (κ1) is 23.5. The van der Waals surface area contributed by atoms with Crippen molar-refractivity contribution in [1.82, 2.24) is 25.3 Å². The Morgan fingerprint density at radius 3 is 2.50 bits per heavy atom. The summed E-state index contributed by atoms with van der Waals surface area (Å²) in [6.07, 6.45) is 0.859. The molecule has 32 heavy (non-hydrogen) atoms. The number of nitrogens with one attached hydrogen (secondary N) is 2. The molecular weight excluding hydrogens is 406 g/mol. The maximum Gasteiger partial charge on any atom is 0.272 e. The van der Waals surface area contributed by atoms with Gasteiger partial charge in [-0.1, -0.05) is 51.1 Å². The molecule has 1 aliphatic rings. The van der Waals surface area contributed by atoms with Gasteiger partial charge in [-0.3, -0.25) is 19.1 Å². The van der Waals surface area contributed by atoms with Crippen molar-refractivity contribution >= 4 is 17.7 Å². The third kappa shape index (κ3) is 4.84. The fourth-order valence-electron chi connectivity index (χ4n) is 3.74. The molecule has 0 radical (unpaired) electrons. The number of hydrogen-bond acceptors (Lipinski definition) is 4. The maximum atomic E-state index is 13.0. The lowest BCUT2D eigenvalue weighted by Crippen LogP contribution is -2.62. The van der Waals surface area contributed by atoms with Crippen molar-refractivity contribution in [3.63, 3.8) is 0 Å². The normalized spacial score (nSPS) is 18.9.